The molecule has 1 heterocycles. The molecule has 0 radical (unpaired) electrons. The monoisotopic (exact) mass is 355 g/mol. The first-order valence-electron chi connectivity index (χ1n) is 6.73. The largest absolute Gasteiger partial charge is 0.483 e. The summed E-state index contributed by atoms with van der Waals surface area (Å²) >= 11 is 3.21. The molecule has 0 aliphatic carbocycles. The molecule has 2 aromatic rings. The second-order valence-electron chi connectivity index (χ2n) is 5.84. The maximum atomic E-state index is 13.7. The lowest BCUT2D eigenvalue weighted by Gasteiger charge is -2.20. The quantitative estimate of drug-likeness (QED) is 0.847. The van der Waals surface area contributed by atoms with Crippen LogP contribution in [0.2, 0.25) is 0 Å². The predicted molar refractivity (Wildman–Crippen MR) is 83.7 cm³/mol. The molecule has 1 aromatic heterocycles. The fraction of sp³-hybridized carbons (Fsp3) is 0.375. The minimum Gasteiger partial charge on any atom is -0.483 e. The van der Waals surface area contributed by atoms with E-state index in [2.05, 4.69) is 42.0 Å². The molecule has 21 heavy (non-hydrogen) atoms. The Morgan fingerprint density at radius 2 is 2.05 bits per heavy atom. The van der Waals surface area contributed by atoms with Gasteiger partial charge in [0.05, 0.1) is 6.26 Å². The van der Waals surface area contributed by atoms with Gasteiger partial charge in [0.15, 0.2) is 11.6 Å². The third kappa shape index (κ3) is 4.86. The topological polar surface area (TPSA) is 34.4 Å². The van der Waals surface area contributed by atoms with Crippen molar-refractivity contribution in [1.29, 1.82) is 0 Å². The first-order chi connectivity index (χ1) is 9.85. The molecule has 0 fully saturated rings. The molecule has 1 aromatic carbocycles. The molecule has 0 saturated heterocycles. The van der Waals surface area contributed by atoms with Crippen LogP contribution in [-0.2, 0) is 13.2 Å². The molecule has 2 rings (SSSR count). The smallest absolute Gasteiger partial charge is 0.166 e. The first-order valence-corrected chi connectivity index (χ1v) is 7.52. The molecule has 5 heteroatoms. The first kappa shape index (κ1) is 16.0. The van der Waals surface area contributed by atoms with Gasteiger partial charge in [0, 0.05) is 22.1 Å². The lowest BCUT2D eigenvalue weighted by atomic mass is 10.1. The van der Waals surface area contributed by atoms with E-state index in [1.165, 1.54) is 6.07 Å². The van der Waals surface area contributed by atoms with Gasteiger partial charge in [0.2, 0.25) is 0 Å². The summed E-state index contributed by atoms with van der Waals surface area (Å²) < 4.78 is 25.3. The van der Waals surface area contributed by atoms with Gasteiger partial charge in [-0.15, -0.1) is 0 Å². The van der Waals surface area contributed by atoms with Gasteiger partial charge in [0.25, 0.3) is 0 Å². The van der Waals surface area contributed by atoms with Crippen LogP contribution in [0.15, 0.2) is 39.4 Å². The predicted octanol–water partition coefficient (Wildman–Crippen LogP) is 4.65. The van der Waals surface area contributed by atoms with Gasteiger partial charge in [-0.2, -0.15) is 0 Å². The van der Waals surface area contributed by atoms with Gasteiger partial charge in [-0.25, -0.2) is 4.39 Å². The minimum atomic E-state index is -0.398. The number of ether oxygens (including phenoxy) is 1. The van der Waals surface area contributed by atoms with E-state index in [9.17, 15) is 4.39 Å². The summed E-state index contributed by atoms with van der Waals surface area (Å²) in [6.07, 6.45) is 1.62. The number of furan rings is 1. The van der Waals surface area contributed by atoms with Crippen LogP contribution in [0.4, 0.5) is 4.39 Å². The number of nitrogens with one attached hydrogen (secondary N) is 1. The van der Waals surface area contributed by atoms with Crippen LogP contribution in [0.1, 0.15) is 32.1 Å². The van der Waals surface area contributed by atoms with Gasteiger partial charge in [-0.1, -0.05) is 15.9 Å². The summed E-state index contributed by atoms with van der Waals surface area (Å²) in [4.78, 5) is 0. The molecule has 0 saturated carbocycles. The van der Waals surface area contributed by atoms with Crippen molar-refractivity contribution in [3.63, 3.8) is 0 Å². The third-order valence-corrected chi connectivity index (χ3v) is 3.39. The molecule has 0 bridgehead atoms. The average molecular weight is 356 g/mol. The van der Waals surface area contributed by atoms with Gasteiger partial charge in [0.1, 0.15) is 12.4 Å². The Hall–Kier alpha value is -1.33. The Balaban J connectivity index is 1.99. The Morgan fingerprint density at radius 1 is 1.29 bits per heavy atom. The number of hydrogen-bond donors (Lipinski definition) is 1. The Bertz CT molecular complexity index is 605. The normalized spacial score (nSPS) is 11.7. The third-order valence-electron chi connectivity index (χ3n) is 2.90. The zero-order valence-corrected chi connectivity index (χ0v) is 14.0. The van der Waals surface area contributed by atoms with E-state index in [1.54, 1.807) is 18.4 Å². The highest BCUT2D eigenvalue weighted by atomic mass is 79.9. The van der Waals surface area contributed by atoms with Crippen molar-refractivity contribution in [3.05, 3.63) is 52.1 Å². The van der Waals surface area contributed by atoms with Crippen molar-refractivity contribution in [2.45, 2.75) is 39.5 Å². The molecule has 0 aliphatic heterocycles. The summed E-state index contributed by atoms with van der Waals surface area (Å²) in [7, 11) is 0. The zero-order chi connectivity index (χ0) is 15.5. The van der Waals surface area contributed by atoms with Crippen molar-refractivity contribution in [2.75, 3.05) is 0 Å². The molecule has 0 unspecified atom stereocenters. The highest BCUT2D eigenvalue weighted by molar-refractivity contribution is 9.10. The van der Waals surface area contributed by atoms with E-state index in [4.69, 9.17) is 9.15 Å². The van der Waals surface area contributed by atoms with Crippen molar-refractivity contribution >= 4 is 15.9 Å². The summed E-state index contributed by atoms with van der Waals surface area (Å²) in [5.41, 5.74) is 1.04. The van der Waals surface area contributed by atoms with Crippen molar-refractivity contribution in [1.82, 2.24) is 5.32 Å². The van der Waals surface area contributed by atoms with E-state index in [0.29, 0.717) is 16.8 Å². The summed E-state index contributed by atoms with van der Waals surface area (Å²) in [5.74, 6) is 0.517. The Labute approximate surface area is 132 Å². The summed E-state index contributed by atoms with van der Waals surface area (Å²) in [6, 6.07) is 6.60. The summed E-state index contributed by atoms with van der Waals surface area (Å²) in [5, 5.41) is 3.39. The minimum absolute atomic E-state index is 0.0210. The van der Waals surface area contributed by atoms with Gasteiger partial charge >= 0.3 is 0 Å². The van der Waals surface area contributed by atoms with Gasteiger partial charge in [-0.05, 0) is 45.0 Å². The fourth-order valence-electron chi connectivity index (χ4n) is 1.75. The fourth-order valence-corrected chi connectivity index (χ4v) is 2.08. The van der Waals surface area contributed by atoms with Crippen molar-refractivity contribution < 1.29 is 13.5 Å². The van der Waals surface area contributed by atoms with Crippen LogP contribution < -0.4 is 10.1 Å². The standard InChI is InChI=1S/C16H19BrFNO2/c1-16(2,3)19-9-11-6-7-20-15(11)10-21-14-5-4-12(17)8-13(14)18/h4-8,19H,9-10H2,1-3H3. The molecule has 3 nitrogen and oxygen atoms in total. The van der Waals surface area contributed by atoms with Crippen LogP contribution in [-0.4, -0.2) is 5.54 Å². The van der Waals surface area contributed by atoms with Crippen LogP contribution in [0.5, 0.6) is 5.75 Å². The number of halogens is 2. The molecule has 1 N–H and O–H groups in total. The second kappa shape index (κ2) is 6.62. The van der Waals surface area contributed by atoms with E-state index >= 15 is 0 Å². The molecule has 0 spiro atoms. The molecule has 0 aliphatic rings. The SMILES string of the molecule is CC(C)(C)NCc1ccoc1COc1ccc(Br)cc1F. The molecular formula is C16H19BrFNO2. The summed E-state index contributed by atoms with van der Waals surface area (Å²) in [6.45, 7) is 7.18. The van der Waals surface area contributed by atoms with Gasteiger partial charge in [-0.3, -0.25) is 0 Å². The van der Waals surface area contributed by atoms with E-state index in [0.717, 1.165) is 5.56 Å². The lowest BCUT2D eigenvalue weighted by molar-refractivity contribution is 0.256. The van der Waals surface area contributed by atoms with Crippen LogP contribution in [0.3, 0.4) is 0 Å². The zero-order valence-electron chi connectivity index (χ0n) is 12.4. The van der Waals surface area contributed by atoms with E-state index in [1.807, 2.05) is 6.07 Å². The average Bonchev–Trinajstić information content (AvgIpc) is 2.82. The van der Waals surface area contributed by atoms with Crippen molar-refractivity contribution in [2.24, 2.45) is 0 Å². The van der Waals surface area contributed by atoms with E-state index < -0.39 is 5.82 Å². The van der Waals surface area contributed by atoms with Crippen LogP contribution in [0.25, 0.3) is 0 Å². The number of rotatable bonds is 5. The molecule has 0 amide bonds. The maximum absolute atomic E-state index is 13.7. The Kier molecular flexibility index (Phi) is 5.06. The Morgan fingerprint density at radius 3 is 2.71 bits per heavy atom. The number of hydrogen-bond acceptors (Lipinski definition) is 3. The lowest BCUT2D eigenvalue weighted by Crippen LogP contribution is -2.35. The molecular weight excluding hydrogens is 337 g/mol. The van der Waals surface area contributed by atoms with E-state index in [-0.39, 0.29) is 17.9 Å². The molecule has 114 valence electrons. The highest BCUT2D eigenvalue weighted by Gasteiger charge is 2.13. The van der Waals surface area contributed by atoms with Gasteiger partial charge < -0.3 is 14.5 Å². The highest BCUT2D eigenvalue weighted by Crippen LogP contribution is 2.23. The molecule has 0 atom stereocenters. The second-order valence-corrected chi connectivity index (χ2v) is 6.75. The van der Waals surface area contributed by atoms with Crippen LogP contribution in [0, 0.1) is 5.82 Å². The van der Waals surface area contributed by atoms with Crippen molar-refractivity contribution in [3.8, 4) is 5.75 Å². The van der Waals surface area contributed by atoms with Crippen LogP contribution >= 0.6 is 15.9 Å². The number of benzene rings is 1. The maximum Gasteiger partial charge on any atom is 0.166 e.